The maximum Gasteiger partial charge on any atom is 0.320 e. The summed E-state index contributed by atoms with van der Waals surface area (Å²) in [7, 11) is 1.57. The first-order chi connectivity index (χ1) is 70.5. The quantitative estimate of drug-likeness (QED) is 0.0403. The van der Waals surface area contributed by atoms with Gasteiger partial charge in [0.05, 0.1) is 96.3 Å². The number of nitrogens with two attached hydrogens (primary N) is 5. The molecule has 6 fully saturated rings. The number of rotatable bonds is 17. The van der Waals surface area contributed by atoms with E-state index >= 15 is 0 Å². The number of aromatic nitrogens is 20. The van der Waals surface area contributed by atoms with Crippen molar-refractivity contribution in [3.05, 3.63) is 236 Å². The van der Waals surface area contributed by atoms with Crippen LogP contribution in [0, 0.1) is 0 Å². The second kappa shape index (κ2) is 41.7. The molecule has 6 aliphatic rings. The molecule has 43 nitrogen and oxygen atoms in total. The Bertz CT molecular complexity index is 7650. The van der Waals surface area contributed by atoms with E-state index in [1.165, 1.54) is 0 Å². The molecule has 15 aromatic heterocycles. The van der Waals surface area contributed by atoms with E-state index in [9.17, 15) is 44.4 Å². The lowest BCUT2D eigenvalue weighted by Gasteiger charge is -2.27. The lowest BCUT2D eigenvalue weighted by molar-refractivity contribution is -0.141. The first-order valence-electron chi connectivity index (χ1n) is 47.8. The number of para-hydroxylation sites is 1. The fraction of sp³-hybridized carbons (Fsp3) is 0.294. The minimum absolute atomic E-state index is 0.102. The van der Waals surface area contributed by atoms with Crippen molar-refractivity contribution in [1.29, 1.82) is 0 Å². The highest BCUT2D eigenvalue weighted by molar-refractivity contribution is 5.99. The van der Waals surface area contributed by atoms with Gasteiger partial charge < -0.3 is 95.2 Å². The van der Waals surface area contributed by atoms with Crippen LogP contribution in [-0.4, -0.2) is 250 Å². The fourth-order valence-electron chi connectivity index (χ4n) is 19.8. The van der Waals surface area contributed by atoms with E-state index in [2.05, 4.69) is 88.0 Å². The number of fused-ring (bicyclic) bond motifs is 8. The van der Waals surface area contributed by atoms with Gasteiger partial charge in [-0.1, -0.05) is 54.6 Å². The number of aliphatic carboxylic acids is 5. The maximum absolute atomic E-state index is 11.2. The van der Waals surface area contributed by atoms with Crippen molar-refractivity contribution in [2.75, 3.05) is 99.7 Å². The van der Waals surface area contributed by atoms with Crippen LogP contribution < -0.4 is 64.9 Å². The van der Waals surface area contributed by atoms with Crippen molar-refractivity contribution in [3.63, 3.8) is 0 Å². The van der Waals surface area contributed by atoms with Crippen LogP contribution >= 0.6 is 0 Å². The molecule has 0 radical (unpaired) electrons. The third kappa shape index (κ3) is 20.1. The Morgan fingerprint density at radius 1 is 0.338 bits per heavy atom. The first kappa shape index (κ1) is 95.5. The number of nitrogens with zero attached hydrogens (tertiary/aromatic N) is 21. The van der Waals surface area contributed by atoms with Crippen LogP contribution in [-0.2, 0) is 28.7 Å². The second-order valence-electron chi connectivity index (χ2n) is 36.6. The van der Waals surface area contributed by atoms with Gasteiger partial charge in [0.25, 0.3) is 0 Å². The molecule has 6 aliphatic heterocycles. The summed E-state index contributed by atoms with van der Waals surface area (Å²) in [6.07, 6.45) is 24.2. The average molecular weight is 1960 g/mol. The first-order valence-corrected chi connectivity index (χ1v) is 47.8. The van der Waals surface area contributed by atoms with E-state index in [4.69, 9.17) is 68.2 Å². The largest absolute Gasteiger partial charge is 0.481 e. The highest BCUT2D eigenvalue weighted by atomic mass is 16.5. The molecule has 21 heterocycles. The van der Waals surface area contributed by atoms with E-state index in [1.54, 1.807) is 91.5 Å². The standard InChI is InChI=1S/C21H25N7O3.3C21H20N6O2.C18H20N6O3/c22-18-9-17(14-1-3-16(21(29)30)23-11-14)26-20-15(12-25-28(18)20)13-2-4-19(24-10-13)27-5-7-31-8-6-27;22-19-9-18(12-6-7-17(21(28)29)24-10-12)26-20-15(11-25-27(19)20)13-3-1-5-16-14(13)4-2-8-23-16;22-18-9-17(13-6-7-16(21(28)29)24-10-13)26-20-15(11-25-27(18)20)14-5-1-3-12-4-2-8-23-19(12)14;22-19-9-18(14-4-6-17(21(28)29)24-10-14)26-20-15(11-25-27(19)20)12-3-5-16-13(8-12)2-1-7-23-16;1-27-16-5-3-10(7-21-16)12-9-22-24-15(19)6-14(23-17(12)24)11-2-4-13(18(25)26)20-8-11/h2,4,9-10,12,14,16,23H,1,3,5-8,11,22H2,(H,29,30);1-5,8-9,11-12,17,24H,6-7,10,22H2,(H,28,29);1-5,8-9,11,13,16,24H,6-7,10,22H2,(H,28,29);1-3,5,7-9,11,14,17,24H,4,6,10,22H2,(H,28,29);3,5-7,9,11,13,20H,2,4,8,19H2,1H3,(H,25,26). The molecule has 6 saturated heterocycles. The van der Waals surface area contributed by atoms with Gasteiger partial charge in [-0.15, -0.1) is 0 Å². The monoisotopic (exact) mass is 1960 g/mol. The Morgan fingerprint density at radius 3 is 1.08 bits per heavy atom. The van der Waals surface area contributed by atoms with Crippen molar-refractivity contribution < 1.29 is 59.0 Å². The van der Waals surface area contributed by atoms with Crippen molar-refractivity contribution in [2.24, 2.45) is 0 Å². The molecule has 0 amide bonds. The Kier molecular flexibility index (Phi) is 27.4. The number of carbonyl (C=O) groups is 5. The number of nitrogens with one attached hydrogen (secondary N) is 5. The van der Waals surface area contributed by atoms with Crippen LogP contribution in [0.4, 0.5) is 34.9 Å². The minimum atomic E-state index is -0.818. The molecule has 0 bridgehead atoms. The molecule has 10 unspecified atom stereocenters. The van der Waals surface area contributed by atoms with Crippen LogP contribution in [0.25, 0.3) is 117 Å². The number of hydrogen-bond acceptors (Lipinski definition) is 33. The zero-order valence-electron chi connectivity index (χ0n) is 78.7. The molecule has 43 heteroatoms. The van der Waals surface area contributed by atoms with Gasteiger partial charge in [-0.05, 0) is 130 Å². The smallest absolute Gasteiger partial charge is 0.320 e. The summed E-state index contributed by atoms with van der Waals surface area (Å²) >= 11 is 0. The number of benzene rings is 3. The second-order valence-corrected chi connectivity index (χ2v) is 36.6. The zero-order chi connectivity index (χ0) is 100. The molecule has 0 spiro atoms. The molecule has 3 aromatic carbocycles. The van der Waals surface area contributed by atoms with E-state index in [1.807, 2.05) is 140 Å². The van der Waals surface area contributed by atoms with Gasteiger partial charge >= 0.3 is 29.8 Å². The van der Waals surface area contributed by atoms with Crippen molar-refractivity contribution >= 4 is 126 Å². The van der Waals surface area contributed by atoms with Gasteiger partial charge in [0.2, 0.25) is 5.88 Å². The van der Waals surface area contributed by atoms with Gasteiger partial charge in [0.1, 0.15) is 65.1 Å². The summed E-state index contributed by atoms with van der Waals surface area (Å²) in [5, 5.41) is 86.4. The number of piperidine rings is 5. The maximum atomic E-state index is 11.2. The number of morpholine rings is 1. The Hall–Kier alpha value is -17.0. The topological polar surface area (TPSA) is 614 Å². The third-order valence-electron chi connectivity index (χ3n) is 27.7. The Labute approximate surface area is 826 Å². The summed E-state index contributed by atoms with van der Waals surface area (Å²) in [6.45, 7) is 5.88. The van der Waals surface area contributed by atoms with E-state index in [-0.39, 0.29) is 29.6 Å². The van der Waals surface area contributed by atoms with E-state index < -0.39 is 60.1 Å². The third-order valence-corrected chi connectivity index (χ3v) is 27.7. The molecule has 740 valence electrons. The SMILES string of the molecule is COc1ccc(-c2cnn3c(N)cc(C4CCC(C(=O)O)NC4)nc23)cn1.Nc1cc(C2CCC(C(=O)O)NC2)nc2c(-c3ccc(N4CCOCC4)nc3)cnn12.Nc1cc(C2CCC(C(=O)O)NC2)nc2c(-c3ccc4ncccc4c3)cnn12.Nc1cc(C2CCC(C(=O)O)NC2)nc2c(-c3cccc4cccnc34)cnn12.Nc1cc(C2CCC(C(=O)O)NC2)nc2c(-c3cccc4ncccc34)cnn12. The molecule has 0 aliphatic carbocycles. The van der Waals surface area contributed by atoms with Gasteiger partial charge in [-0.25, -0.2) is 34.9 Å². The number of methoxy groups -OCH3 is 1. The van der Waals surface area contributed by atoms with Gasteiger partial charge in [0, 0.05) is 203 Å². The van der Waals surface area contributed by atoms with Crippen molar-refractivity contribution in [1.82, 2.24) is 124 Å². The van der Waals surface area contributed by atoms with Gasteiger partial charge in [0.15, 0.2) is 28.2 Å². The molecule has 145 heavy (non-hydrogen) atoms. The molecule has 24 rings (SSSR count). The molecule has 20 N–H and O–H groups in total. The Balaban J connectivity index is 0.000000110. The predicted octanol–water partition coefficient (Wildman–Crippen LogP) is 9.77. The lowest BCUT2D eigenvalue weighted by atomic mass is 9.92. The number of anilines is 6. The van der Waals surface area contributed by atoms with Crippen LogP contribution in [0.5, 0.6) is 5.88 Å². The normalized spacial score (nSPS) is 20.2. The molecular formula is C102H105N31O12. The number of carboxylic acid groups (broad SMARTS) is 5. The molecule has 0 saturated carbocycles. The van der Waals surface area contributed by atoms with Crippen LogP contribution in [0.1, 0.15) is 122 Å². The summed E-state index contributed by atoms with van der Waals surface area (Å²) in [4.78, 5) is 105. The lowest BCUT2D eigenvalue weighted by Crippen LogP contribution is -2.43. The van der Waals surface area contributed by atoms with Crippen LogP contribution in [0.15, 0.2) is 208 Å². The molecule has 18 aromatic rings. The van der Waals surface area contributed by atoms with Crippen LogP contribution in [0.3, 0.4) is 0 Å². The minimum Gasteiger partial charge on any atom is -0.481 e. The number of pyridine rings is 5. The van der Waals surface area contributed by atoms with Gasteiger partial charge in [-0.3, -0.25) is 38.9 Å². The highest BCUT2D eigenvalue weighted by Crippen LogP contribution is 2.40. The summed E-state index contributed by atoms with van der Waals surface area (Å²) in [6, 6.07) is 44.3. The van der Waals surface area contributed by atoms with Crippen molar-refractivity contribution in [2.45, 2.75) is 124 Å². The van der Waals surface area contributed by atoms with Crippen LogP contribution in [0.2, 0.25) is 0 Å². The highest BCUT2D eigenvalue weighted by Gasteiger charge is 2.35. The zero-order valence-corrected chi connectivity index (χ0v) is 78.7. The van der Waals surface area contributed by atoms with E-state index in [0.29, 0.717) is 141 Å². The summed E-state index contributed by atoms with van der Waals surface area (Å²) < 4.78 is 18.7. The number of carboxylic acids is 5. The summed E-state index contributed by atoms with van der Waals surface area (Å²) in [5.74, 6) is 0.444. The summed E-state index contributed by atoms with van der Waals surface area (Å²) in [5.41, 5.74) is 50.7. The predicted molar refractivity (Wildman–Crippen MR) is 542 cm³/mol. The van der Waals surface area contributed by atoms with Crippen molar-refractivity contribution in [3.8, 4) is 61.5 Å². The fourth-order valence-corrected chi connectivity index (χ4v) is 19.8. The average Bonchev–Trinajstić information content (AvgIpc) is 1.65. The molecular weight excluding hydrogens is 1850 g/mol. The van der Waals surface area contributed by atoms with Gasteiger partial charge in [-0.2, -0.15) is 48.1 Å². The Morgan fingerprint density at radius 2 is 0.690 bits per heavy atom. The van der Waals surface area contributed by atoms with E-state index in [0.717, 1.165) is 168 Å². The molecule has 10 atom stereocenters. The number of ether oxygens (including phenoxy) is 2. The number of nitrogen functional groups attached to an aromatic ring is 5. The number of hydrogen-bond donors (Lipinski definition) is 15.